The highest BCUT2D eigenvalue weighted by molar-refractivity contribution is 6.30. The van der Waals surface area contributed by atoms with E-state index in [2.05, 4.69) is 22.0 Å². The van der Waals surface area contributed by atoms with Crippen LogP contribution in [0.3, 0.4) is 0 Å². The lowest BCUT2D eigenvalue weighted by Crippen LogP contribution is -2.48. The van der Waals surface area contributed by atoms with Gasteiger partial charge in [-0.05, 0) is 30.7 Å². The number of rotatable bonds is 5. The summed E-state index contributed by atoms with van der Waals surface area (Å²) in [4.78, 5) is 21.0. The van der Waals surface area contributed by atoms with E-state index in [9.17, 15) is 4.79 Å². The smallest absolute Gasteiger partial charge is 0.253 e. The maximum absolute atomic E-state index is 12.5. The van der Waals surface area contributed by atoms with E-state index in [1.807, 2.05) is 4.90 Å². The van der Waals surface area contributed by atoms with Crippen molar-refractivity contribution in [2.45, 2.75) is 26.3 Å². The molecule has 0 spiro atoms. The van der Waals surface area contributed by atoms with Crippen molar-refractivity contribution in [1.29, 1.82) is 0 Å². The number of aryl methyl sites for hydroxylation is 1. The van der Waals surface area contributed by atoms with Gasteiger partial charge in [-0.2, -0.15) is 4.98 Å². The van der Waals surface area contributed by atoms with Gasteiger partial charge in [0, 0.05) is 43.2 Å². The van der Waals surface area contributed by atoms with Crippen molar-refractivity contribution < 1.29 is 9.32 Å². The van der Waals surface area contributed by atoms with Crippen LogP contribution in [0.5, 0.6) is 0 Å². The van der Waals surface area contributed by atoms with Gasteiger partial charge in [0.15, 0.2) is 5.82 Å². The number of halogens is 1. The third-order valence-electron chi connectivity index (χ3n) is 4.09. The molecule has 3 rings (SSSR count). The molecule has 1 aliphatic rings. The summed E-state index contributed by atoms with van der Waals surface area (Å²) in [6.45, 7) is 5.71. The largest absolute Gasteiger partial charge is 0.338 e. The number of nitrogens with zero attached hydrogens (tertiary/aromatic N) is 4. The zero-order chi connectivity index (χ0) is 16.9. The van der Waals surface area contributed by atoms with Crippen molar-refractivity contribution >= 4 is 17.5 Å². The Morgan fingerprint density at radius 1 is 1.21 bits per heavy atom. The molecule has 24 heavy (non-hydrogen) atoms. The fraction of sp³-hybridized carbons (Fsp3) is 0.471. The lowest BCUT2D eigenvalue weighted by Gasteiger charge is -2.34. The Morgan fingerprint density at radius 3 is 2.58 bits per heavy atom. The standard InChI is InChI=1S/C17H21ClN4O2/c1-2-3-15-19-16(24-20-15)12-21-8-10-22(11-9-21)17(23)13-4-6-14(18)7-5-13/h4-7H,2-3,8-12H2,1H3. The van der Waals surface area contributed by atoms with Crippen LogP contribution in [-0.2, 0) is 13.0 Å². The number of benzene rings is 1. The third-order valence-corrected chi connectivity index (χ3v) is 4.35. The van der Waals surface area contributed by atoms with E-state index < -0.39 is 0 Å². The van der Waals surface area contributed by atoms with Gasteiger partial charge in [-0.25, -0.2) is 0 Å². The first kappa shape index (κ1) is 16.9. The van der Waals surface area contributed by atoms with E-state index >= 15 is 0 Å². The Labute approximate surface area is 146 Å². The molecule has 0 unspecified atom stereocenters. The molecule has 0 atom stereocenters. The first-order valence-electron chi connectivity index (χ1n) is 8.24. The van der Waals surface area contributed by atoms with Gasteiger partial charge in [0.2, 0.25) is 5.89 Å². The Bertz CT molecular complexity index is 678. The monoisotopic (exact) mass is 348 g/mol. The van der Waals surface area contributed by atoms with E-state index in [1.54, 1.807) is 24.3 Å². The second kappa shape index (κ2) is 7.77. The van der Waals surface area contributed by atoms with Crippen LogP contribution in [0, 0.1) is 0 Å². The minimum Gasteiger partial charge on any atom is -0.338 e. The molecule has 1 aromatic carbocycles. The topological polar surface area (TPSA) is 62.5 Å². The van der Waals surface area contributed by atoms with Crippen molar-refractivity contribution in [2.24, 2.45) is 0 Å². The molecule has 0 saturated carbocycles. The predicted octanol–water partition coefficient (Wildman–Crippen LogP) is 2.63. The van der Waals surface area contributed by atoms with Crippen LogP contribution in [-0.4, -0.2) is 52.0 Å². The molecule has 0 aliphatic carbocycles. The van der Waals surface area contributed by atoms with Crippen LogP contribution in [0.25, 0.3) is 0 Å². The highest BCUT2D eigenvalue weighted by Gasteiger charge is 2.23. The normalized spacial score (nSPS) is 15.7. The highest BCUT2D eigenvalue weighted by Crippen LogP contribution is 2.14. The van der Waals surface area contributed by atoms with E-state index in [-0.39, 0.29) is 5.91 Å². The number of carbonyl (C=O) groups excluding carboxylic acids is 1. The second-order valence-electron chi connectivity index (χ2n) is 5.93. The lowest BCUT2D eigenvalue weighted by molar-refractivity contribution is 0.0615. The molecule has 0 N–H and O–H groups in total. The highest BCUT2D eigenvalue weighted by atomic mass is 35.5. The molecule has 128 valence electrons. The summed E-state index contributed by atoms with van der Waals surface area (Å²) in [7, 11) is 0. The molecule has 1 aliphatic heterocycles. The van der Waals surface area contributed by atoms with Gasteiger partial charge in [0.05, 0.1) is 6.54 Å². The summed E-state index contributed by atoms with van der Waals surface area (Å²) >= 11 is 5.87. The summed E-state index contributed by atoms with van der Waals surface area (Å²) in [5, 5.41) is 4.61. The van der Waals surface area contributed by atoms with E-state index in [0.29, 0.717) is 36.1 Å². The maximum Gasteiger partial charge on any atom is 0.253 e. The molecule has 1 saturated heterocycles. The zero-order valence-electron chi connectivity index (χ0n) is 13.7. The quantitative estimate of drug-likeness (QED) is 0.831. The Hall–Kier alpha value is -1.92. The van der Waals surface area contributed by atoms with Crippen molar-refractivity contribution in [3.63, 3.8) is 0 Å². The van der Waals surface area contributed by atoms with Gasteiger partial charge in [-0.1, -0.05) is 23.7 Å². The summed E-state index contributed by atoms with van der Waals surface area (Å²) in [6.07, 6.45) is 1.84. The summed E-state index contributed by atoms with van der Waals surface area (Å²) in [5.74, 6) is 1.47. The zero-order valence-corrected chi connectivity index (χ0v) is 14.5. The van der Waals surface area contributed by atoms with Gasteiger partial charge < -0.3 is 9.42 Å². The molecule has 1 fully saturated rings. The number of aromatic nitrogens is 2. The predicted molar refractivity (Wildman–Crippen MR) is 90.9 cm³/mol. The first-order valence-corrected chi connectivity index (χ1v) is 8.62. The Morgan fingerprint density at radius 2 is 1.92 bits per heavy atom. The molecule has 0 radical (unpaired) electrons. The fourth-order valence-electron chi connectivity index (χ4n) is 2.75. The van der Waals surface area contributed by atoms with Gasteiger partial charge in [0.25, 0.3) is 5.91 Å². The average molecular weight is 349 g/mol. The molecule has 1 amide bonds. The number of amides is 1. The molecule has 2 heterocycles. The maximum atomic E-state index is 12.5. The van der Waals surface area contributed by atoms with Crippen LogP contribution in [0.2, 0.25) is 5.02 Å². The van der Waals surface area contributed by atoms with Gasteiger partial charge in [-0.3, -0.25) is 9.69 Å². The number of carbonyl (C=O) groups is 1. The minimum atomic E-state index is 0.0503. The number of hydrogen-bond acceptors (Lipinski definition) is 5. The van der Waals surface area contributed by atoms with Crippen LogP contribution in [0.1, 0.15) is 35.4 Å². The summed E-state index contributed by atoms with van der Waals surface area (Å²) in [6, 6.07) is 7.03. The van der Waals surface area contributed by atoms with E-state index in [4.69, 9.17) is 16.1 Å². The molecule has 2 aromatic rings. The summed E-state index contributed by atoms with van der Waals surface area (Å²) in [5.41, 5.74) is 0.675. The van der Waals surface area contributed by atoms with Gasteiger partial charge in [-0.15, -0.1) is 0 Å². The van der Waals surface area contributed by atoms with Crippen molar-refractivity contribution in [3.8, 4) is 0 Å². The van der Waals surface area contributed by atoms with Crippen LogP contribution in [0.4, 0.5) is 0 Å². The van der Waals surface area contributed by atoms with E-state index in [0.717, 1.165) is 31.8 Å². The fourth-order valence-corrected chi connectivity index (χ4v) is 2.88. The Kier molecular flexibility index (Phi) is 5.48. The van der Waals surface area contributed by atoms with Gasteiger partial charge in [0.1, 0.15) is 0 Å². The molecular weight excluding hydrogens is 328 g/mol. The number of hydrogen-bond donors (Lipinski definition) is 0. The molecule has 7 heteroatoms. The van der Waals surface area contributed by atoms with Crippen LogP contribution in [0.15, 0.2) is 28.8 Å². The third kappa shape index (κ3) is 4.13. The van der Waals surface area contributed by atoms with Crippen LogP contribution >= 0.6 is 11.6 Å². The van der Waals surface area contributed by atoms with Crippen LogP contribution < -0.4 is 0 Å². The van der Waals surface area contributed by atoms with Crippen molar-refractivity contribution in [1.82, 2.24) is 19.9 Å². The summed E-state index contributed by atoms with van der Waals surface area (Å²) < 4.78 is 5.28. The van der Waals surface area contributed by atoms with Crippen molar-refractivity contribution in [3.05, 3.63) is 46.6 Å². The molecule has 0 bridgehead atoms. The minimum absolute atomic E-state index is 0.0503. The second-order valence-corrected chi connectivity index (χ2v) is 6.37. The first-order chi connectivity index (χ1) is 11.7. The van der Waals surface area contributed by atoms with Crippen molar-refractivity contribution in [2.75, 3.05) is 26.2 Å². The van der Waals surface area contributed by atoms with E-state index in [1.165, 1.54) is 0 Å². The lowest BCUT2D eigenvalue weighted by atomic mass is 10.2. The average Bonchev–Trinajstić information content (AvgIpc) is 3.03. The molecule has 6 nitrogen and oxygen atoms in total. The SMILES string of the molecule is CCCc1noc(CN2CCN(C(=O)c3ccc(Cl)cc3)CC2)n1. The Balaban J connectivity index is 1.51. The molecule has 1 aromatic heterocycles. The molecular formula is C17H21ClN4O2. The number of piperazine rings is 1. The van der Waals surface area contributed by atoms with Gasteiger partial charge >= 0.3 is 0 Å².